The zero-order valence-corrected chi connectivity index (χ0v) is 13.4. The van der Waals surface area contributed by atoms with Gasteiger partial charge in [-0.05, 0) is 30.5 Å². The maximum absolute atomic E-state index is 11.3. The number of hydrogen-bond acceptors (Lipinski definition) is 4. The lowest BCUT2D eigenvalue weighted by Gasteiger charge is -2.16. The highest BCUT2D eigenvalue weighted by molar-refractivity contribution is 7.17. The Labute approximate surface area is 129 Å². The number of thiazole rings is 1. The van der Waals surface area contributed by atoms with E-state index >= 15 is 0 Å². The quantitative estimate of drug-likeness (QED) is 0.872. The number of hydrogen-bond donors (Lipinski definition) is 1. The molecular formula is C16H20N2O2S. The van der Waals surface area contributed by atoms with Crippen molar-refractivity contribution in [3.05, 3.63) is 40.4 Å². The fourth-order valence-corrected chi connectivity index (χ4v) is 3.06. The number of anilines is 2. The molecule has 0 amide bonds. The first kappa shape index (κ1) is 15.5. The molecule has 0 saturated carbocycles. The van der Waals surface area contributed by atoms with Crippen molar-refractivity contribution in [1.29, 1.82) is 0 Å². The van der Waals surface area contributed by atoms with Crippen molar-refractivity contribution >= 4 is 28.1 Å². The van der Waals surface area contributed by atoms with Crippen molar-refractivity contribution in [1.82, 2.24) is 4.98 Å². The number of nitrogens with zero attached hydrogens (tertiary/aromatic N) is 2. The molecule has 0 aliphatic rings. The molecule has 2 aromatic rings. The molecule has 0 bridgehead atoms. The first-order valence-corrected chi connectivity index (χ1v) is 7.94. The lowest BCUT2D eigenvalue weighted by atomic mass is 10.1. The molecule has 0 aliphatic carbocycles. The summed E-state index contributed by atoms with van der Waals surface area (Å²) in [6, 6.07) is 8.26. The van der Waals surface area contributed by atoms with Crippen molar-refractivity contribution in [3.63, 3.8) is 0 Å². The Kier molecular flexibility index (Phi) is 4.96. The molecule has 0 saturated heterocycles. The zero-order chi connectivity index (χ0) is 15.4. The number of carboxylic acids is 1. The van der Waals surface area contributed by atoms with Crippen LogP contribution in [-0.2, 0) is 12.8 Å². The SMILES string of the molecule is CCCc1nc(N(C)c2ccc(CC)cc2)sc1C(=O)O. The predicted octanol–water partition coefficient (Wildman–Crippen LogP) is 4.12. The minimum atomic E-state index is -0.892. The van der Waals surface area contributed by atoms with E-state index in [4.69, 9.17) is 0 Å². The molecule has 1 aromatic heterocycles. The Morgan fingerprint density at radius 1 is 1.29 bits per heavy atom. The largest absolute Gasteiger partial charge is 0.477 e. The molecule has 0 atom stereocenters. The molecule has 1 aromatic carbocycles. The molecule has 21 heavy (non-hydrogen) atoms. The summed E-state index contributed by atoms with van der Waals surface area (Å²) in [6.07, 6.45) is 2.59. The molecule has 2 rings (SSSR count). The van der Waals surface area contributed by atoms with Gasteiger partial charge in [-0.2, -0.15) is 0 Å². The van der Waals surface area contributed by atoms with Gasteiger partial charge >= 0.3 is 5.97 Å². The molecule has 0 spiro atoms. The monoisotopic (exact) mass is 304 g/mol. The number of rotatable bonds is 6. The number of carboxylic acid groups (broad SMARTS) is 1. The Hall–Kier alpha value is -1.88. The van der Waals surface area contributed by atoms with Crippen LogP contribution in [-0.4, -0.2) is 23.1 Å². The fraction of sp³-hybridized carbons (Fsp3) is 0.375. The minimum Gasteiger partial charge on any atom is -0.477 e. The van der Waals surface area contributed by atoms with Gasteiger partial charge in [-0.3, -0.25) is 0 Å². The van der Waals surface area contributed by atoms with Gasteiger partial charge in [-0.25, -0.2) is 9.78 Å². The van der Waals surface area contributed by atoms with Gasteiger partial charge in [-0.15, -0.1) is 0 Å². The van der Waals surface area contributed by atoms with Crippen LogP contribution in [0.4, 0.5) is 10.8 Å². The van der Waals surface area contributed by atoms with Gasteiger partial charge in [0.15, 0.2) is 5.13 Å². The highest BCUT2D eigenvalue weighted by Crippen LogP contribution is 2.31. The number of aromatic nitrogens is 1. The second-order valence-electron chi connectivity index (χ2n) is 4.91. The van der Waals surface area contributed by atoms with Crippen LogP contribution in [0.2, 0.25) is 0 Å². The van der Waals surface area contributed by atoms with E-state index < -0.39 is 5.97 Å². The third-order valence-electron chi connectivity index (χ3n) is 3.39. The number of carbonyl (C=O) groups is 1. The molecule has 0 unspecified atom stereocenters. The zero-order valence-electron chi connectivity index (χ0n) is 12.6. The van der Waals surface area contributed by atoms with Gasteiger partial charge < -0.3 is 10.0 Å². The molecule has 0 fully saturated rings. The lowest BCUT2D eigenvalue weighted by molar-refractivity contribution is 0.0700. The first-order valence-electron chi connectivity index (χ1n) is 7.12. The maximum Gasteiger partial charge on any atom is 0.347 e. The normalized spacial score (nSPS) is 10.6. The van der Waals surface area contributed by atoms with Gasteiger partial charge in [0.05, 0.1) is 5.69 Å². The van der Waals surface area contributed by atoms with Gasteiger partial charge in [0, 0.05) is 12.7 Å². The van der Waals surface area contributed by atoms with E-state index in [0.29, 0.717) is 17.0 Å². The molecule has 0 radical (unpaired) electrons. The van der Waals surface area contributed by atoms with Crippen molar-refractivity contribution in [2.75, 3.05) is 11.9 Å². The summed E-state index contributed by atoms with van der Waals surface area (Å²) < 4.78 is 0. The fourth-order valence-electron chi connectivity index (χ4n) is 2.12. The van der Waals surface area contributed by atoms with E-state index in [9.17, 15) is 9.90 Å². The molecule has 1 heterocycles. The van der Waals surface area contributed by atoms with Crippen LogP contribution in [0.1, 0.15) is 41.2 Å². The molecular weight excluding hydrogens is 284 g/mol. The molecule has 1 N–H and O–H groups in total. The van der Waals surface area contributed by atoms with Crippen molar-refractivity contribution in [2.45, 2.75) is 33.1 Å². The second-order valence-corrected chi connectivity index (χ2v) is 5.88. The van der Waals surface area contributed by atoms with Crippen LogP contribution in [0.25, 0.3) is 0 Å². The standard InChI is InChI=1S/C16H20N2O2S/c1-4-6-13-14(15(19)20)21-16(17-13)18(3)12-9-7-11(5-2)8-10-12/h7-10H,4-6H2,1-3H3,(H,19,20). The first-order chi connectivity index (χ1) is 10.1. The summed E-state index contributed by atoms with van der Waals surface area (Å²) in [7, 11) is 1.92. The maximum atomic E-state index is 11.3. The second kappa shape index (κ2) is 6.72. The highest BCUT2D eigenvalue weighted by atomic mass is 32.1. The topological polar surface area (TPSA) is 53.4 Å². The van der Waals surface area contributed by atoms with Crippen LogP contribution in [0.3, 0.4) is 0 Å². The Balaban J connectivity index is 2.31. The van der Waals surface area contributed by atoms with E-state index in [0.717, 1.165) is 23.7 Å². The van der Waals surface area contributed by atoms with E-state index in [1.165, 1.54) is 16.9 Å². The van der Waals surface area contributed by atoms with Gasteiger partial charge in [0.25, 0.3) is 0 Å². The molecule has 4 nitrogen and oxygen atoms in total. The summed E-state index contributed by atoms with van der Waals surface area (Å²) in [4.78, 5) is 18.1. The Morgan fingerprint density at radius 3 is 2.48 bits per heavy atom. The van der Waals surface area contributed by atoms with Crippen LogP contribution < -0.4 is 4.90 Å². The van der Waals surface area contributed by atoms with E-state index in [2.05, 4.69) is 24.0 Å². The van der Waals surface area contributed by atoms with E-state index in [1.807, 2.05) is 31.0 Å². The molecule has 0 aliphatic heterocycles. The van der Waals surface area contributed by atoms with Crippen LogP contribution in [0, 0.1) is 0 Å². The Bertz CT molecular complexity index is 620. The van der Waals surface area contributed by atoms with E-state index in [1.54, 1.807) is 0 Å². The van der Waals surface area contributed by atoms with Gasteiger partial charge in [0.2, 0.25) is 0 Å². The van der Waals surface area contributed by atoms with Crippen molar-refractivity contribution in [2.24, 2.45) is 0 Å². The predicted molar refractivity (Wildman–Crippen MR) is 87.0 cm³/mol. The summed E-state index contributed by atoms with van der Waals surface area (Å²) in [5.41, 5.74) is 2.98. The summed E-state index contributed by atoms with van der Waals surface area (Å²) in [5.74, 6) is -0.892. The van der Waals surface area contributed by atoms with E-state index in [-0.39, 0.29) is 0 Å². The van der Waals surface area contributed by atoms with Crippen LogP contribution in [0.15, 0.2) is 24.3 Å². The minimum absolute atomic E-state index is 0.351. The summed E-state index contributed by atoms with van der Waals surface area (Å²) in [5, 5.41) is 10.0. The third kappa shape index (κ3) is 3.42. The van der Waals surface area contributed by atoms with Crippen molar-refractivity contribution < 1.29 is 9.90 Å². The Morgan fingerprint density at radius 2 is 1.95 bits per heavy atom. The van der Waals surface area contributed by atoms with Gasteiger partial charge in [0.1, 0.15) is 4.88 Å². The molecule has 5 heteroatoms. The van der Waals surface area contributed by atoms with Gasteiger partial charge in [-0.1, -0.05) is 43.7 Å². The summed E-state index contributed by atoms with van der Waals surface area (Å²) in [6.45, 7) is 4.15. The number of aromatic carboxylic acids is 1. The van der Waals surface area contributed by atoms with Crippen molar-refractivity contribution in [3.8, 4) is 0 Å². The third-order valence-corrected chi connectivity index (χ3v) is 4.55. The number of benzene rings is 1. The highest BCUT2D eigenvalue weighted by Gasteiger charge is 2.19. The lowest BCUT2D eigenvalue weighted by Crippen LogP contribution is -2.09. The average Bonchev–Trinajstić information content (AvgIpc) is 2.91. The van der Waals surface area contributed by atoms with Crippen LogP contribution >= 0.6 is 11.3 Å². The molecule has 112 valence electrons. The summed E-state index contributed by atoms with van der Waals surface area (Å²) >= 11 is 1.24. The average molecular weight is 304 g/mol. The smallest absolute Gasteiger partial charge is 0.347 e. The number of aryl methyl sites for hydroxylation is 2. The van der Waals surface area contributed by atoms with Crippen LogP contribution in [0.5, 0.6) is 0 Å².